The van der Waals surface area contributed by atoms with Crippen molar-refractivity contribution in [3.63, 3.8) is 0 Å². The van der Waals surface area contributed by atoms with Crippen molar-refractivity contribution >= 4 is 18.0 Å². The van der Waals surface area contributed by atoms with E-state index in [-0.39, 0.29) is 18.9 Å². The quantitative estimate of drug-likeness (QED) is 0.422. The molecule has 1 aliphatic heterocycles. The second-order valence-corrected chi connectivity index (χ2v) is 8.04. The van der Waals surface area contributed by atoms with Crippen molar-refractivity contribution in [2.75, 3.05) is 39.3 Å². The molecule has 1 heterocycles. The smallest absolute Gasteiger partial charge is 0.408 e. The van der Waals surface area contributed by atoms with Gasteiger partial charge in [0.1, 0.15) is 18.2 Å². The molecule has 1 unspecified atom stereocenters. The zero-order valence-corrected chi connectivity index (χ0v) is 19.7. The van der Waals surface area contributed by atoms with E-state index in [1.165, 1.54) is 0 Å². The van der Waals surface area contributed by atoms with Gasteiger partial charge in [-0.2, -0.15) is 0 Å². The van der Waals surface area contributed by atoms with E-state index in [0.717, 1.165) is 26.2 Å². The van der Waals surface area contributed by atoms with Crippen LogP contribution in [0.2, 0.25) is 0 Å². The van der Waals surface area contributed by atoms with Crippen molar-refractivity contribution in [1.82, 2.24) is 15.5 Å². The van der Waals surface area contributed by atoms with Crippen LogP contribution in [0.1, 0.15) is 61.3 Å². The zero-order chi connectivity index (χ0) is 23.2. The Morgan fingerprint density at radius 1 is 1.10 bits per heavy atom. The Hall–Kier alpha value is -1.87. The first-order valence-electron chi connectivity index (χ1n) is 10.9. The van der Waals surface area contributed by atoms with E-state index in [4.69, 9.17) is 14.2 Å². The minimum absolute atomic E-state index is 0.00652. The first-order chi connectivity index (χ1) is 14.1. The monoisotopic (exact) mass is 431 g/mol. The van der Waals surface area contributed by atoms with Crippen LogP contribution in [0.15, 0.2) is 0 Å². The van der Waals surface area contributed by atoms with Gasteiger partial charge in [-0.25, -0.2) is 9.59 Å². The van der Waals surface area contributed by atoms with Gasteiger partial charge in [0.25, 0.3) is 0 Å². The molecule has 1 atom stereocenters. The van der Waals surface area contributed by atoms with Crippen LogP contribution < -0.4 is 10.6 Å². The van der Waals surface area contributed by atoms with Crippen molar-refractivity contribution in [2.45, 2.75) is 79.1 Å². The Morgan fingerprint density at radius 2 is 1.70 bits per heavy atom. The number of piperazine rings is 1. The third kappa shape index (κ3) is 14.2. The number of hydrogen-bond donors (Lipinski definition) is 2. The van der Waals surface area contributed by atoms with Gasteiger partial charge in [-0.05, 0) is 41.0 Å². The molecule has 176 valence electrons. The number of nitrogens with one attached hydrogen (secondary N) is 2. The van der Waals surface area contributed by atoms with E-state index in [1.807, 2.05) is 13.8 Å². The summed E-state index contributed by atoms with van der Waals surface area (Å²) in [4.78, 5) is 38.4. The molecule has 1 aliphatic rings. The van der Waals surface area contributed by atoms with Crippen molar-refractivity contribution in [3.05, 3.63) is 0 Å². The van der Waals surface area contributed by atoms with Gasteiger partial charge in [-0.3, -0.25) is 9.69 Å². The van der Waals surface area contributed by atoms with Gasteiger partial charge in [0.15, 0.2) is 0 Å². The second kappa shape index (κ2) is 15.0. The van der Waals surface area contributed by atoms with Crippen LogP contribution in [-0.4, -0.2) is 80.0 Å². The van der Waals surface area contributed by atoms with E-state index >= 15 is 0 Å². The molecule has 1 amide bonds. The topological polar surface area (TPSA) is 106 Å². The highest BCUT2D eigenvalue weighted by Crippen LogP contribution is 2.11. The van der Waals surface area contributed by atoms with E-state index in [0.29, 0.717) is 13.2 Å². The first kappa shape index (κ1) is 28.1. The molecule has 0 aromatic carbocycles. The van der Waals surface area contributed by atoms with Crippen LogP contribution in [0.25, 0.3) is 0 Å². The summed E-state index contributed by atoms with van der Waals surface area (Å²) in [5.41, 5.74) is -0.706. The van der Waals surface area contributed by atoms with Crippen molar-refractivity contribution in [3.8, 4) is 0 Å². The summed E-state index contributed by atoms with van der Waals surface area (Å²) in [5.74, 6) is -1.02. The summed E-state index contributed by atoms with van der Waals surface area (Å²) in [6.45, 7) is 17.3. The highest BCUT2D eigenvalue weighted by molar-refractivity contribution is 5.82. The second-order valence-electron chi connectivity index (χ2n) is 8.04. The van der Waals surface area contributed by atoms with Crippen LogP contribution in [0.5, 0.6) is 0 Å². The molecule has 0 aromatic rings. The van der Waals surface area contributed by atoms with E-state index < -0.39 is 29.7 Å². The molecule has 1 saturated heterocycles. The molecule has 0 radical (unpaired) electrons. The standard InChI is InChI=1S/C19H35N3O6.C2H6/c1-14(2)27-18(25)21-15(17(24)28-19(3,4)5)6-7-16(23)26-13-12-22-10-8-20-9-11-22;1-2/h14-15,20H,6-13H2,1-5H3,(H,21,25);1-2H3. The maximum atomic E-state index is 12.4. The fourth-order valence-corrected chi connectivity index (χ4v) is 2.57. The lowest BCUT2D eigenvalue weighted by atomic mass is 10.1. The highest BCUT2D eigenvalue weighted by atomic mass is 16.6. The number of esters is 2. The lowest BCUT2D eigenvalue weighted by Gasteiger charge is -2.26. The fraction of sp³-hybridized carbons (Fsp3) is 0.857. The average molecular weight is 432 g/mol. The molecule has 0 aliphatic carbocycles. The number of alkyl carbamates (subject to hydrolysis) is 1. The minimum Gasteiger partial charge on any atom is -0.464 e. The summed E-state index contributed by atoms with van der Waals surface area (Å²) in [6.07, 6.45) is -0.977. The Bertz CT molecular complexity index is 513. The molecule has 1 rings (SSSR count). The highest BCUT2D eigenvalue weighted by Gasteiger charge is 2.28. The third-order valence-electron chi connectivity index (χ3n) is 3.84. The van der Waals surface area contributed by atoms with Gasteiger partial charge < -0.3 is 24.8 Å². The number of rotatable bonds is 9. The van der Waals surface area contributed by atoms with Gasteiger partial charge >= 0.3 is 18.0 Å². The Kier molecular flexibility index (Phi) is 14.1. The van der Waals surface area contributed by atoms with Crippen molar-refractivity contribution < 1.29 is 28.6 Å². The molecule has 0 aromatic heterocycles. The molecule has 0 bridgehead atoms. The number of carbonyl (C=O) groups is 3. The third-order valence-corrected chi connectivity index (χ3v) is 3.84. The number of ether oxygens (including phenoxy) is 3. The van der Waals surface area contributed by atoms with Crippen LogP contribution in [0, 0.1) is 0 Å². The summed E-state index contributed by atoms with van der Waals surface area (Å²) in [6, 6.07) is -0.980. The van der Waals surface area contributed by atoms with Gasteiger partial charge in [-0.1, -0.05) is 13.8 Å². The molecule has 0 saturated carbocycles. The van der Waals surface area contributed by atoms with Gasteiger partial charge in [0.05, 0.1) is 6.10 Å². The lowest BCUT2D eigenvalue weighted by Crippen LogP contribution is -2.45. The van der Waals surface area contributed by atoms with Crippen LogP contribution in [0.4, 0.5) is 4.79 Å². The molecule has 9 heteroatoms. The maximum absolute atomic E-state index is 12.4. The average Bonchev–Trinajstić information content (AvgIpc) is 2.65. The first-order valence-corrected chi connectivity index (χ1v) is 10.9. The fourth-order valence-electron chi connectivity index (χ4n) is 2.57. The number of nitrogens with zero attached hydrogens (tertiary/aromatic N) is 1. The summed E-state index contributed by atoms with van der Waals surface area (Å²) in [5, 5.41) is 5.74. The summed E-state index contributed by atoms with van der Waals surface area (Å²) < 4.78 is 15.6. The normalized spacial score (nSPS) is 15.5. The summed E-state index contributed by atoms with van der Waals surface area (Å²) >= 11 is 0. The number of amides is 1. The van der Waals surface area contributed by atoms with Gasteiger partial charge in [0.2, 0.25) is 0 Å². The lowest BCUT2D eigenvalue weighted by molar-refractivity contribution is -0.157. The predicted octanol–water partition coefficient (Wildman–Crippen LogP) is 2.09. The number of carbonyl (C=O) groups excluding carboxylic acids is 3. The predicted molar refractivity (Wildman–Crippen MR) is 115 cm³/mol. The molecule has 1 fully saturated rings. The molecular weight excluding hydrogens is 390 g/mol. The van der Waals surface area contributed by atoms with Gasteiger partial charge in [-0.15, -0.1) is 0 Å². The Morgan fingerprint density at radius 3 is 2.23 bits per heavy atom. The molecule has 9 nitrogen and oxygen atoms in total. The van der Waals surface area contributed by atoms with E-state index in [1.54, 1.807) is 34.6 Å². The van der Waals surface area contributed by atoms with E-state index in [2.05, 4.69) is 15.5 Å². The number of hydrogen-bond acceptors (Lipinski definition) is 8. The maximum Gasteiger partial charge on any atom is 0.408 e. The Balaban J connectivity index is 0.00000407. The molecule has 30 heavy (non-hydrogen) atoms. The molecule has 2 N–H and O–H groups in total. The SMILES string of the molecule is CC.CC(C)OC(=O)NC(CCC(=O)OCCN1CCNCC1)C(=O)OC(C)(C)C. The van der Waals surface area contributed by atoms with E-state index in [9.17, 15) is 14.4 Å². The zero-order valence-electron chi connectivity index (χ0n) is 19.7. The van der Waals surface area contributed by atoms with Crippen LogP contribution >= 0.6 is 0 Å². The van der Waals surface area contributed by atoms with Crippen LogP contribution in [-0.2, 0) is 23.8 Å². The van der Waals surface area contributed by atoms with Crippen LogP contribution in [0.3, 0.4) is 0 Å². The van der Waals surface area contributed by atoms with Gasteiger partial charge in [0, 0.05) is 39.1 Å². The largest absolute Gasteiger partial charge is 0.464 e. The molecule has 0 spiro atoms. The van der Waals surface area contributed by atoms with Crippen molar-refractivity contribution in [2.24, 2.45) is 0 Å². The molecular formula is C21H41N3O6. The summed E-state index contributed by atoms with van der Waals surface area (Å²) in [7, 11) is 0. The van der Waals surface area contributed by atoms with Crippen molar-refractivity contribution in [1.29, 1.82) is 0 Å². The minimum atomic E-state index is -0.980. The Labute approximate surface area is 181 Å².